The Morgan fingerprint density at radius 1 is 0.630 bits per heavy atom. The number of ketones is 2. The molecule has 0 aromatic heterocycles. The van der Waals surface area contributed by atoms with Crippen molar-refractivity contribution in [3.05, 3.63) is 95.1 Å². The van der Waals surface area contributed by atoms with Gasteiger partial charge in [-0.1, -0.05) is 24.3 Å². The monoisotopic (exact) mass is 668 g/mol. The number of aliphatic carboxylic acids is 2. The van der Waals surface area contributed by atoms with E-state index in [0.29, 0.717) is 0 Å². The molecular weight excluding hydrogens is 648 g/mol. The van der Waals surface area contributed by atoms with E-state index in [1.165, 1.54) is 36.4 Å². The lowest BCUT2D eigenvalue weighted by atomic mass is 10.0. The number of carbonyl (C=O) groups excluding carboxylic acids is 2. The van der Waals surface area contributed by atoms with Crippen molar-refractivity contribution in [3.8, 4) is 0 Å². The lowest BCUT2D eigenvalue weighted by Gasteiger charge is -2.10. The van der Waals surface area contributed by atoms with Crippen molar-refractivity contribution in [3.63, 3.8) is 0 Å². The van der Waals surface area contributed by atoms with Crippen molar-refractivity contribution in [1.82, 2.24) is 0 Å². The normalized spacial score (nSPS) is 16.9. The van der Waals surface area contributed by atoms with Gasteiger partial charge in [0.1, 0.15) is 20.9 Å². The minimum Gasteiger partial charge on any atom is -0.478 e. The van der Waals surface area contributed by atoms with Crippen molar-refractivity contribution in [2.45, 2.75) is 9.79 Å². The summed E-state index contributed by atoms with van der Waals surface area (Å²) >= 11 is 0. The Labute approximate surface area is 259 Å². The number of carboxylic acids is 2. The van der Waals surface area contributed by atoms with Gasteiger partial charge < -0.3 is 10.2 Å². The molecule has 16 nitrogen and oxygen atoms in total. The van der Waals surface area contributed by atoms with E-state index in [1.54, 1.807) is 0 Å². The molecule has 6 N–H and O–H groups in total. The summed E-state index contributed by atoms with van der Waals surface area (Å²) in [7, 11) is -9.71. The molecule has 0 radical (unpaired) electrons. The summed E-state index contributed by atoms with van der Waals surface area (Å²) in [5.74, 6) is -4.41. The first-order chi connectivity index (χ1) is 21.5. The molecule has 0 saturated carbocycles. The van der Waals surface area contributed by atoms with E-state index in [9.17, 15) is 45.1 Å². The van der Waals surface area contributed by atoms with E-state index in [-0.39, 0.29) is 33.9 Å². The quantitative estimate of drug-likeness (QED) is 0.0697. The highest BCUT2D eigenvalue weighted by molar-refractivity contribution is 7.86. The van der Waals surface area contributed by atoms with E-state index < -0.39 is 64.7 Å². The van der Waals surface area contributed by atoms with Crippen LogP contribution in [0.5, 0.6) is 0 Å². The molecule has 0 heterocycles. The topological polar surface area (TPSA) is 266 Å². The maximum Gasteiger partial charge on any atom is 0.339 e. The predicted octanol–water partition coefficient (Wildman–Crippen LogP) is 2.19. The number of hydrazone groups is 2. The molecule has 236 valence electrons. The summed E-state index contributed by atoms with van der Waals surface area (Å²) < 4.78 is 68.2. The smallest absolute Gasteiger partial charge is 0.339 e. The van der Waals surface area contributed by atoms with Crippen LogP contribution in [0.25, 0.3) is 12.2 Å². The number of anilines is 2. The largest absolute Gasteiger partial charge is 0.478 e. The number of nitrogens with zero attached hydrogens (tertiary/aromatic N) is 2. The van der Waals surface area contributed by atoms with Gasteiger partial charge in [0.25, 0.3) is 20.2 Å². The fourth-order valence-corrected chi connectivity index (χ4v) is 5.30. The minimum atomic E-state index is -4.86. The lowest BCUT2D eigenvalue weighted by molar-refractivity contribution is -0.135. The molecular formula is C28H20N4O12S2. The predicted molar refractivity (Wildman–Crippen MR) is 163 cm³/mol. The molecule has 2 aromatic carbocycles. The summed E-state index contributed by atoms with van der Waals surface area (Å²) in [5.41, 5.74) is 3.83. The van der Waals surface area contributed by atoms with E-state index in [1.807, 2.05) is 0 Å². The summed E-state index contributed by atoms with van der Waals surface area (Å²) in [4.78, 5) is 44.4. The van der Waals surface area contributed by atoms with E-state index >= 15 is 0 Å². The number of carbonyl (C=O) groups is 4. The molecule has 46 heavy (non-hydrogen) atoms. The zero-order chi connectivity index (χ0) is 33.8. The third-order valence-electron chi connectivity index (χ3n) is 6.04. The molecule has 0 atom stereocenters. The summed E-state index contributed by atoms with van der Waals surface area (Å²) in [6, 6.07) is 7.14. The molecule has 0 unspecified atom stereocenters. The summed E-state index contributed by atoms with van der Waals surface area (Å²) in [6.07, 6.45) is 8.73. The highest BCUT2D eigenvalue weighted by atomic mass is 32.2. The van der Waals surface area contributed by atoms with Crippen LogP contribution in [0, 0.1) is 0 Å². The van der Waals surface area contributed by atoms with E-state index in [4.69, 9.17) is 10.2 Å². The molecule has 0 spiro atoms. The zero-order valence-electron chi connectivity index (χ0n) is 22.8. The molecule has 2 aromatic rings. The number of nitrogens with one attached hydrogen (secondary N) is 2. The Kier molecular flexibility index (Phi) is 9.38. The lowest BCUT2D eigenvalue weighted by Crippen LogP contribution is -2.16. The van der Waals surface area contributed by atoms with Crippen LogP contribution in [-0.2, 0) is 39.4 Å². The number of hydrogen-bond donors (Lipinski definition) is 6. The highest BCUT2D eigenvalue weighted by Crippen LogP contribution is 2.26. The minimum absolute atomic E-state index is 0.0308. The van der Waals surface area contributed by atoms with Crippen molar-refractivity contribution in [2.24, 2.45) is 10.2 Å². The van der Waals surface area contributed by atoms with Crippen LogP contribution in [0.3, 0.4) is 0 Å². The average molecular weight is 669 g/mol. The van der Waals surface area contributed by atoms with Gasteiger partial charge in [0.2, 0.25) is 0 Å². The Morgan fingerprint density at radius 3 is 1.33 bits per heavy atom. The van der Waals surface area contributed by atoms with Gasteiger partial charge in [0, 0.05) is 0 Å². The second-order valence-corrected chi connectivity index (χ2v) is 12.0. The fraction of sp³-hybridized carbons (Fsp3) is 0. The van der Waals surface area contributed by atoms with Crippen molar-refractivity contribution >= 4 is 78.7 Å². The SMILES string of the molecule is O=C(O)C1=CC(=NNc2ccc(C=Cc3ccc(NN=C4C=CC(=O)C(C(=O)O)=C4)cc3S(=O)(=O)O)c(S(=O)(=O)O)c2)C=CC1=O. The van der Waals surface area contributed by atoms with Gasteiger partial charge in [-0.05, 0) is 71.8 Å². The van der Waals surface area contributed by atoms with Crippen LogP contribution >= 0.6 is 0 Å². The number of allylic oxidation sites excluding steroid dienone is 6. The van der Waals surface area contributed by atoms with Crippen LogP contribution in [0.15, 0.2) is 104 Å². The summed E-state index contributed by atoms with van der Waals surface area (Å²) in [5, 5.41) is 26.0. The Bertz CT molecular complexity index is 1990. The van der Waals surface area contributed by atoms with Crippen molar-refractivity contribution in [2.75, 3.05) is 10.9 Å². The number of benzene rings is 2. The number of carboxylic acid groups (broad SMARTS) is 2. The van der Waals surface area contributed by atoms with Crippen LogP contribution < -0.4 is 10.9 Å². The van der Waals surface area contributed by atoms with Crippen molar-refractivity contribution in [1.29, 1.82) is 0 Å². The second kappa shape index (κ2) is 13.0. The van der Waals surface area contributed by atoms with Crippen LogP contribution in [-0.4, -0.2) is 71.1 Å². The summed E-state index contributed by atoms with van der Waals surface area (Å²) in [6.45, 7) is 0. The molecule has 0 saturated heterocycles. The molecule has 0 aliphatic heterocycles. The Morgan fingerprint density at radius 2 is 1.00 bits per heavy atom. The van der Waals surface area contributed by atoms with E-state index in [2.05, 4.69) is 21.1 Å². The molecule has 2 aliphatic rings. The average Bonchev–Trinajstić information content (AvgIpc) is 2.98. The first-order valence-corrected chi connectivity index (χ1v) is 15.3. The zero-order valence-corrected chi connectivity index (χ0v) is 24.5. The molecule has 0 amide bonds. The molecule has 0 bridgehead atoms. The van der Waals surface area contributed by atoms with Gasteiger partial charge in [-0.25, -0.2) is 9.59 Å². The second-order valence-electron chi connectivity index (χ2n) is 9.21. The van der Waals surface area contributed by atoms with Crippen LogP contribution in [0.1, 0.15) is 11.1 Å². The van der Waals surface area contributed by atoms with Crippen LogP contribution in [0.4, 0.5) is 11.4 Å². The van der Waals surface area contributed by atoms with Gasteiger partial charge in [0.15, 0.2) is 11.6 Å². The first-order valence-electron chi connectivity index (χ1n) is 12.5. The van der Waals surface area contributed by atoms with Crippen LogP contribution in [0.2, 0.25) is 0 Å². The molecule has 18 heteroatoms. The standard InChI is InChI=1S/C28H20N4O12S2/c33-23-9-7-17(11-21(23)27(35)36)29-31-19-5-3-15(25(13-19)45(39,40)41)1-2-16-4-6-20(14-26(16)46(42,43)44)32-30-18-8-10-24(34)22(12-18)28(37)38/h1-14,31-32H,(H,35,36)(H,37,38)(H,39,40,41)(H,42,43,44). The van der Waals surface area contributed by atoms with Gasteiger partial charge in [-0.15, -0.1) is 0 Å². The molecule has 4 rings (SSSR count). The van der Waals surface area contributed by atoms with E-state index in [0.717, 1.165) is 48.6 Å². The third kappa shape index (κ3) is 8.01. The maximum atomic E-state index is 12.1. The van der Waals surface area contributed by atoms with Gasteiger partial charge in [-0.3, -0.25) is 29.5 Å². The van der Waals surface area contributed by atoms with Gasteiger partial charge >= 0.3 is 11.9 Å². The Balaban J connectivity index is 1.62. The maximum absolute atomic E-state index is 12.1. The third-order valence-corrected chi connectivity index (χ3v) is 7.86. The Hall–Kier alpha value is -5.82. The molecule has 0 fully saturated rings. The highest BCUT2D eigenvalue weighted by Gasteiger charge is 2.21. The van der Waals surface area contributed by atoms with Gasteiger partial charge in [0.05, 0.1) is 22.8 Å². The molecule has 2 aliphatic carbocycles. The first kappa shape index (κ1) is 33.1. The van der Waals surface area contributed by atoms with Gasteiger partial charge in [-0.2, -0.15) is 27.0 Å². The number of hydrogen-bond acceptors (Lipinski definition) is 12. The fourth-order valence-electron chi connectivity index (χ4n) is 3.88. The number of rotatable bonds is 10. The van der Waals surface area contributed by atoms with Crippen molar-refractivity contribution < 1.29 is 55.3 Å².